The van der Waals surface area contributed by atoms with E-state index in [1.807, 2.05) is 32.2 Å². The molecule has 0 aliphatic rings. The van der Waals surface area contributed by atoms with Crippen molar-refractivity contribution in [1.29, 1.82) is 0 Å². The largest absolute Gasteiger partial charge is 0.494 e. The minimum Gasteiger partial charge on any atom is -0.494 e. The average molecular weight is 180 g/mol. The molecule has 0 fully saturated rings. The summed E-state index contributed by atoms with van der Waals surface area (Å²) in [6.45, 7) is 3.43. The first-order valence-electron chi connectivity index (χ1n) is 4.43. The predicted molar refractivity (Wildman–Crippen MR) is 54.8 cm³/mol. The number of benzene rings is 1. The summed E-state index contributed by atoms with van der Waals surface area (Å²) in [6.07, 6.45) is 0. The molecule has 0 unspecified atom stereocenters. The van der Waals surface area contributed by atoms with Crippen molar-refractivity contribution in [1.82, 2.24) is 5.32 Å². The fraction of sp³-hybridized carbons (Fsp3) is 0.400. The molecule has 72 valence electrons. The van der Waals surface area contributed by atoms with Crippen molar-refractivity contribution in [3.05, 3.63) is 23.8 Å². The van der Waals surface area contributed by atoms with E-state index >= 15 is 0 Å². The number of hydrogen-bond donors (Lipinski definition) is 2. The Morgan fingerprint density at radius 1 is 1.46 bits per heavy atom. The Morgan fingerprint density at radius 3 is 2.85 bits per heavy atom. The van der Waals surface area contributed by atoms with Crippen molar-refractivity contribution in [2.45, 2.75) is 13.5 Å². The van der Waals surface area contributed by atoms with Crippen LogP contribution in [0.15, 0.2) is 18.2 Å². The van der Waals surface area contributed by atoms with E-state index in [0.29, 0.717) is 6.61 Å². The summed E-state index contributed by atoms with van der Waals surface area (Å²) >= 11 is 0. The van der Waals surface area contributed by atoms with Gasteiger partial charge in [0.05, 0.1) is 6.61 Å². The van der Waals surface area contributed by atoms with Crippen LogP contribution in [0, 0.1) is 0 Å². The summed E-state index contributed by atoms with van der Waals surface area (Å²) in [7, 11) is 1.90. The molecule has 1 rings (SSSR count). The van der Waals surface area contributed by atoms with Crippen LogP contribution in [0.3, 0.4) is 0 Å². The van der Waals surface area contributed by atoms with E-state index in [2.05, 4.69) is 5.32 Å². The maximum absolute atomic E-state index is 5.67. The van der Waals surface area contributed by atoms with E-state index in [0.717, 1.165) is 23.5 Å². The summed E-state index contributed by atoms with van der Waals surface area (Å²) in [6, 6.07) is 5.69. The van der Waals surface area contributed by atoms with Crippen LogP contribution in [0.4, 0.5) is 5.69 Å². The van der Waals surface area contributed by atoms with Crippen LogP contribution in [0.25, 0.3) is 0 Å². The zero-order chi connectivity index (χ0) is 9.68. The molecular formula is C10H16N2O. The zero-order valence-electron chi connectivity index (χ0n) is 8.13. The van der Waals surface area contributed by atoms with E-state index in [1.54, 1.807) is 0 Å². The molecule has 0 atom stereocenters. The molecule has 3 heteroatoms. The normalized spacial score (nSPS) is 10.0. The number of ether oxygens (including phenoxy) is 1. The molecule has 13 heavy (non-hydrogen) atoms. The van der Waals surface area contributed by atoms with Gasteiger partial charge in [-0.1, -0.05) is 0 Å². The van der Waals surface area contributed by atoms with Crippen molar-refractivity contribution >= 4 is 5.69 Å². The summed E-state index contributed by atoms with van der Waals surface area (Å²) < 4.78 is 5.45. The molecular weight excluding hydrogens is 164 g/mol. The van der Waals surface area contributed by atoms with Gasteiger partial charge in [-0.3, -0.25) is 0 Å². The van der Waals surface area contributed by atoms with Crippen LogP contribution < -0.4 is 15.8 Å². The number of nitrogens with one attached hydrogen (secondary N) is 1. The Labute approximate surface area is 78.9 Å². The molecule has 0 aliphatic carbocycles. The van der Waals surface area contributed by atoms with E-state index < -0.39 is 0 Å². The highest BCUT2D eigenvalue weighted by Crippen LogP contribution is 2.20. The minimum absolute atomic E-state index is 0.681. The highest BCUT2D eigenvalue weighted by atomic mass is 16.5. The maximum Gasteiger partial charge on any atom is 0.123 e. The zero-order valence-corrected chi connectivity index (χ0v) is 8.13. The van der Waals surface area contributed by atoms with Gasteiger partial charge in [0.15, 0.2) is 0 Å². The number of hydrogen-bond acceptors (Lipinski definition) is 3. The molecule has 3 nitrogen and oxygen atoms in total. The first-order valence-corrected chi connectivity index (χ1v) is 4.43. The van der Waals surface area contributed by atoms with Gasteiger partial charge in [0.25, 0.3) is 0 Å². The van der Waals surface area contributed by atoms with Crippen LogP contribution in [0.2, 0.25) is 0 Å². The topological polar surface area (TPSA) is 47.3 Å². The van der Waals surface area contributed by atoms with Crippen LogP contribution in [-0.4, -0.2) is 13.7 Å². The van der Waals surface area contributed by atoms with Crippen LogP contribution in [0.1, 0.15) is 12.5 Å². The third kappa shape index (κ3) is 2.63. The Morgan fingerprint density at radius 2 is 2.23 bits per heavy atom. The first-order chi connectivity index (χ1) is 6.27. The van der Waals surface area contributed by atoms with Gasteiger partial charge < -0.3 is 15.8 Å². The fourth-order valence-corrected chi connectivity index (χ4v) is 1.22. The van der Waals surface area contributed by atoms with E-state index in [-0.39, 0.29) is 0 Å². The molecule has 3 N–H and O–H groups in total. The van der Waals surface area contributed by atoms with Gasteiger partial charge in [0, 0.05) is 17.8 Å². The van der Waals surface area contributed by atoms with Crippen molar-refractivity contribution in [2.75, 3.05) is 19.4 Å². The summed E-state index contributed by atoms with van der Waals surface area (Å²) in [5.41, 5.74) is 7.54. The summed E-state index contributed by atoms with van der Waals surface area (Å²) in [5, 5.41) is 3.07. The third-order valence-electron chi connectivity index (χ3n) is 1.75. The van der Waals surface area contributed by atoms with Crippen LogP contribution in [-0.2, 0) is 6.54 Å². The number of anilines is 1. The van der Waals surface area contributed by atoms with Crippen molar-refractivity contribution < 1.29 is 4.74 Å². The highest BCUT2D eigenvalue weighted by Gasteiger charge is 2.01. The second kappa shape index (κ2) is 4.72. The predicted octanol–water partition coefficient (Wildman–Crippen LogP) is 1.39. The molecule has 0 saturated heterocycles. The van der Waals surface area contributed by atoms with Gasteiger partial charge in [0.2, 0.25) is 0 Å². The lowest BCUT2D eigenvalue weighted by atomic mass is 10.2. The minimum atomic E-state index is 0.681. The second-order valence-electron chi connectivity index (χ2n) is 2.83. The van der Waals surface area contributed by atoms with Gasteiger partial charge in [-0.05, 0) is 32.2 Å². The molecule has 0 amide bonds. The van der Waals surface area contributed by atoms with Crippen molar-refractivity contribution in [2.24, 2.45) is 0 Å². The smallest absolute Gasteiger partial charge is 0.123 e. The molecule has 0 aliphatic heterocycles. The summed E-state index contributed by atoms with van der Waals surface area (Å²) in [5.74, 6) is 0.908. The Bertz CT molecular complexity index is 274. The fourth-order valence-electron chi connectivity index (χ4n) is 1.22. The molecule has 0 saturated carbocycles. The van der Waals surface area contributed by atoms with Crippen molar-refractivity contribution in [3.63, 3.8) is 0 Å². The first kappa shape index (κ1) is 9.86. The molecule has 1 aromatic rings. The molecule has 0 radical (unpaired) electrons. The van der Waals surface area contributed by atoms with E-state index in [1.165, 1.54) is 0 Å². The molecule has 1 aromatic carbocycles. The lowest BCUT2D eigenvalue weighted by molar-refractivity contribution is 0.336. The Hall–Kier alpha value is -1.22. The molecule has 0 heterocycles. The lowest BCUT2D eigenvalue weighted by Crippen LogP contribution is -2.08. The Kier molecular flexibility index (Phi) is 3.58. The van der Waals surface area contributed by atoms with Crippen molar-refractivity contribution in [3.8, 4) is 5.75 Å². The third-order valence-corrected chi connectivity index (χ3v) is 1.75. The van der Waals surface area contributed by atoms with Gasteiger partial charge in [0.1, 0.15) is 5.75 Å². The standard InChI is InChI=1S/C10H16N2O/c1-3-13-10-5-4-9(11)6-8(10)7-12-2/h4-6,12H,3,7,11H2,1-2H3. The van der Waals surface area contributed by atoms with E-state index in [4.69, 9.17) is 10.5 Å². The highest BCUT2D eigenvalue weighted by molar-refractivity contribution is 5.47. The van der Waals surface area contributed by atoms with Gasteiger partial charge in [-0.25, -0.2) is 0 Å². The van der Waals surface area contributed by atoms with Gasteiger partial charge in [-0.2, -0.15) is 0 Å². The molecule has 0 spiro atoms. The number of nitrogen functional groups attached to an aromatic ring is 1. The van der Waals surface area contributed by atoms with Crippen LogP contribution >= 0.6 is 0 Å². The number of rotatable bonds is 4. The second-order valence-corrected chi connectivity index (χ2v) is 2.83. The monoisotopic (exact) mass is 180 g/mol. The number of nitrogens with two attached hydrogens (primary N) is 1. The SMILES string of the molecule is CCOc1ccc(N)cc1CNC. The average Bonchev–Trinajstić information content (AvgIpc) is 2.10. The molecule has 0 bridgehead atoms. The van der Waals surface area contributed by atoms with Gasteiger partial charge >= 0.3 is 0 Å². The Balaban J connectivity index is 2.89. The van der Waals surface area contributed by atoms with E-state index in [9.17, 15) is 0 Å². The lowest BCUT2D eigenvalue weighted by Gasteiger charge is -2.10. The molecule has 0 aromatic heterocycles. The maximum atomic E-state index is 5.67. The quantitative estimate of drug-likeness (QED) is 0.688. The van der Waals surface area contributed by atoms with Gasteiger partial charge in [-0.15, -0.1) is 0 Å². The van der Waals surface area contributed by atoms with Crippen LogP contribution in [0.5, 0.6) is 5.75 Å². The summed E-state index contributed by atoms with van der Waals surface area (Å²) in [4.78, 5) is 0.